The van der Waals surface area contributed by atoms with Crippen LogP contribution in [0.1, 0.15) is 52.7 Å². The predicted molar refractivity (Wildman–Crippen MR) is 105 cm³/mol. The highest BCUT2D eigenvalue weighted by Gasteiger charge is 2.21. The van der Waals surface area contributed by atoms with Gasteiger partial charge in [0.05, 0.1) is 5.52 Å². The van der Waals surface area contributed by atoms with Gasteiger partial charge in [-0.3, -0.25) is 4.98 Å². The zero-order valence-electron chi connectivity index (χ0n) is 15.6. The molecule has 0 fully saturated rings. The molecule has 0 atom stereocenters. The Morgan fingerprint density at radius 3 is 1.88 bits per heavy atom. The van der Waals surface area contributed by atoms with Crippen molar-refractivity contribution in [2.24, 2.45) is 0 Å². The zero-order chi connectivity index (χ0) is 17.5. The van der Waals surface area contributed by atoms with Crippen molar-refractivity contribution in [3.8, 4) is 11.1 Å². The van der Waals surface area contributed by atoms with E-state index in [9.17, 15) is 0 Å². The summed E-state index contributed by atoms with van der Waals surface area (Å²) in [4.78, 5) is 4.64. The summed E-state index contributed by atoms with van der Waals surface area (Å²) >= 11 is 0. The Morgan fingerprint density at radius 1 is 0.708 bits per heavy atom. The zero-order valence-corrected chi connectivity index (χ0v) is 15.6. The summed E-state index contributed by atoms with van der Waals surface area (Å²) in [6.45, 7) is 13.7. The summed E-state index contributed by atoms with van der Waals surface area (Å²) in [5.41, 5.74) is 6.53. The summed E-state index contributed by atoms with van der Waals surface area (Å²) in [7, 11) is 0. The molecule has 0 aliphatic rings. The number of benzene rings is 2. The number of hydrogen-bond acceptors (Lipinski definition) is 1. The fraction of sp³-hybridized carbons (Fsp3) is 0.348. The lowest BCUT2D eigenvalue weighted by atomic mass is 9.79. The molecule has 0 N–H and O–H groups in total. The molecule has 3 rings (SSSR count). The summed E-state index contributed by atoms with van der Waals surface area (Å²) in [5, 5.41) is 1.19. The van der Waals surface area contributed by atoms with E-state index in [2.05, 4.69) is 89.0 Å². The third-order valence-electron chi connectivity index (χ3n) is 4.61. The van der Waals surface area contributed by atoms with Crippen LogP contribution in [0.4, 0.5) is 0 Å². The first kappa shape index (κ1) is 16.7. The number of hydrogen-bond donors (Lipinski definition) is 0. The Labute approximate surface area is 145 Å². The van der Waals surface area contributed by atoms with Crippen molar-refractivity contribution < 1.29 is 0 Å². The molecule has 124 valence electrons. The van der Waals surface area contributed by atoms with Crippen LogP contribution in [0, 0.1) is 0 Å². The van der Waals surface area contributed by atoms with Crippen LogP contribution in [0.25, 0.3) is 22.0 Å². The first-order valence-corrected chi connectivity index (χ1v) is 8.66. The number of para-hydroxylation sites is 1. The minimum absolute atomic E-state index is 0.119. The van der Waals surface area contributed by atoms with Crippen LogP contribution >= 0.6 is 0 Å². The monoisotopic (exact) mass is 317 g/mol. The van der Waals surface area contributed by atoms with Crippen molar-refractivity contribution in [2.45, 2.75) is 52.4 Å². The van der Waals surface area contributed by atoms with Gasteiger partial charge in [-0.1, -0.05) is 84.0 Å². The second kappa shape index (κ2) is 5.73. The van der Waals surface area contributed by atoms with Gasteiger partial charge in [0.2, 0.25) is 0 Å². The SMILES string of the molecule is CC(C)(C)c1cc(-c2cccc3cccnc23)cc(C(C)(C)C)c1. The third-order valence-corrected chi connectivity index (χ3v) is 4.61. The molecule has 0 radical (unpaired) electrons. The van der Waals surface area contributed by atoms with E-state index in [1.54, 1.807) is 0 Å². The maximum Gasteiger partial charge on any atom is 0.0780 e. The van der Waals surface area contributed by atoms with Crippen LogP contribution in [0.15, 0.2) is 54.7 Å². The second-order valence-electron chi connectivity index (χ2n) is 8.68. The molecule has 0 aliphatic heterocycles. The Hall–Kier alpha value is -2.15. The average molecular weight is 317 g/mol. The molecule has 0 amide bonds. The highest BCUT2D eigenvalue weighted by molar-refractivity contribution is 5.93. The molecular formula is C23H27N. The van der Waals surface area contributed by atoms with Gasteiger partial charge < -0.3 is 0 Å². The van der Waals surface area contributed by atoms with Crippen LogP contribution < -0.4 is 0 Å². The van der Waals surface area contributed by atoms with Crippen molar-refractivity contribution in [3.63, 3.8) is 0 Å². The highest BCUT2D eigenvalue weighted by Crippen LogP contribution is 2.35. The molecule has 1 nitrogen and oxygen atoms in total. The number of rotatable bonds is 1. The van der Waals surface area contributed by atoms with Crippen LogP contribution in [0.2, 0.25) is 0 Å². The maximum absolute atomic E-state index is 4.64. The van der Waals surface area contributed by atoms with E-state index in [1.807, 2.05) is 12.3 Å². The van der Waals surface area contributed by atoms with E-state index < -0.39 is 0 Å². The molecule has 2 aromatic carbocycles. The van der Waals surface area contributed by atoms with E-state index in [0.29, 0.717) is 0 Å². The summed E-state index contributed by atoms with van der Waals surface area (Å²) < 4.78 is 0. The van der Waals surface area contributed by atoms with Crippen LogP contribution in [-0.2, 0) is 10.8 Å². The number of pyridine rings is 1. The first-order chi connectivity index (χ1) is 11.2. The molecular weight excluding hydrogens is 290 g/mol. The Kier molecular flexibility index (Phi) is 3.99. The molecule has 24 heavy (non-hydrogen) atoms. The van der Waals surface area contributed by atoms with Gasteiger partial charge in [-0.15, -0.1) is 0 Å². The standard InChI is InChI=1S/C23H27N/c1-22(2,3)18-13-17(14-19(15-18)23(4,5)6)20-11-7-9-16-10-8-12-24-21(16)20/h7-15H,1-6H3. The van der Waals surface area contributed by atoms with Gasteiger partial charge in [0.25, 0.3) is 0 Å². The lowest BCUT2D eigenvalue weighted by Gasteiger charge is -2.26. The molecule has 0 spiro atoms. The maximum atomic E-state index is 4.64. The summed E-state index contributed by atoms with van der Waals surface area (Å²) in [6, 6.07) is 17.6. The van der Waals surface area contributed by atoms with Gasteiger partial charge in [-0.2, -0.15) is 0 Å². The van der Waals surface area contributed by atoms with Crippen LogP contribution in [-0.4, -0.2) is 4.98 Å². The molecule has 1 heteroatoms. The highest BCUT2D eigenvalue weighted by atomic mass is 14.6. The molecule has 0 aliphatic carbocycles. The third kappa shape index (κ3) is 3.21. The Morgan fingerprint density at radius 2 is 1.29 bits per heavy atom. The number of nitrogens with zero attached hydrogens (tertiary/aromatic N) is 1. The molecule has 3 aromatic rings. The van der Waals surface area contributed by atoms with Crippen molar-refractivity contribution in [3.05, 3.63) is 65.9 Å². The van der Waals surface area contributed by atoms with E-state index >= 15 is 0 Å². The topological polar surface area (TPSA) is 12.9 Å². The predicted octanol–water partition coefficient (Wildman–Crippen LogP) is 6.50. The van der Waals surface area contributed by atoms with Crippen molar-refractivity contribution in [1.82, 2.24) is 4.98 Å². The minimum atomic E-state index is 0.119. The fourth-order valence-electron chi connectivity index (χ4n) is 2.99. The largest absolute Gasteiger partial charge is 0.256 e. The van der Waals surface area contributed by atoms with Gasteiger partial charge in [0, 0.05) is 17.1 Å². The number of aromatic nitrogens is 1. The van der Waals surface area contributed by atoms with E-state index in [4.69, 9.17) is 0 Å². The molecule has 1 heterocycles. The lowest BCUT2D eigenvalue weighted by Crippen LogP contribution is -2.16. The second-order valence-corrected chi connectivity index (χ2v) is 8.68. The summed E-state index contributed by atoms with van der Waals surface area (Å²) in [5.74, 6) is 0. The lowest BCUT2D eigenvalue weighted by molar-refractivity contribution is 0.569. The fourth-order valence-corrected chi connectivity index (χ4v) is 2.99. The smallest absolute Gasteiger partial charge is 0.0780 e. The summed E-state index contributed by atoms with van der Waals surface area (Å²) in [6.07, 6.45) is 1.88. The molecule has 0 unspecified atom stereocenters. The Balaban J connectivity index is 2.30. The first-order valence-electron chi connectivity index (χ1n) is 8.66. The van der Waals surface area contributed by atoms with Crippen LogP contribution in [0.3, 0.4) is 0 Å². The van der Waals surface area contributed by atoms with Gasteiger partial charge in [-0.25, -0.2) is 0 Å². The normalized spacial score (nSPS) is 12.6. The van der Waals surface area contributed by atoms with Crippen LogP contribution in [0.5, 0.6) is 0 Å². The average Bonchev–Trinajstić information content (AvgIpc) is 2.52. The van der Waals surface area contributed by atoms with Crippen molar-refractivity contribution >= 4 is 10.9 Å². The van der Waals surface area contributed by atoms with Crippen molar-refractivity contribution in [2.75, 3.05) is 0 Å². The minimum Gasteiger partial charge on any atom is -0.256 e. The van der Waals surface area contributed by atoms with Gasteiger partial charge >= 0.3 is 0 Å². The molecule has 1 aromatic heterocycles. The van der Waals surface area contributed by atoms with E-state index in [1.165, 1.54) is 27.6 Å². The van der Waals surface area contributed by atoms with Crippen molar-refractivity contribution in [1.29, 1.82) is 0 Å². The van der Waals surface area contributed by atoms with E-state index in [0.717, 1.165) is 5.52 Å². The van der Waals surface area contributed by atoms with Gasteiger partial charge in [0.15, 0.2) is 0 Å². The van der Waals surface area contributed by atoms with E-state index in [-0.39, 0.29) is 10.8 Å². The van der Waals surface area contributed by atoms with Gasteiger partial charge in [-0.05, 0) is 33.6 Å². The quantitative estimate of drug-likeness (QED) is 0.499. The van der Waals surface area contributed by atoms with Gasteiger partial charge in [0.1, 0.15) is 0 Å². The molecule has 0 saturated carbocycles. The molecule has 0 saturated heterocycles. The Bertz CT molecular complexity index is 839. The molecule has 0 bridgehead atoms. The number of fused-ring (bicyclic) bond motifs is 1.